The Balaban J connectivity index is 1.58. The Morgan fingerprint density at radius 2 is 1.92 bits per heavy atom. The minimum Gasteiger partial charge on any atom is -0.313 e. The van der Waals surface area contributed by atoms with Crippen LogP contribution in [0.25, 0.3) is 11.3 Å². The van der Waals surface area contributed by atoms with Crippen molar-refractivity contribution < 1.29 is 26.4 Å². The molecule has 4 rings (SSSR count). The maximum atomic E-state index is 15.0. The number of aryl methyl sites for hydroxylation is 1. The van der Waals surface area contributed by atoms with Crippen molar-refractivity contribution in [2.45, 2.75) is 24.8 Å². The quantitative estimate of drug-likeness (QED) is 0.410. The van der Waals surface area contributed by atoms with Crippen LogP contribution in [0.5, 0.6) is 0 Å². The van der Waals surface area contributed by atoms with Crippen LogP contribution in [0.3, 0.4) is 0 Å². The van der Waals surface area contributed by atoms with Gasteiger partial charge in [0.1, 0.15) is 5.82 Å². The van der Waals surface area contributed by atoms with Gasteiger partial charge in [-0.15, -0.1) is 0 Å². The van der Waals surface area contributed by atoms with Crippen molar-refractivity contribution in [1.29, 1.82) is 0 Å². The van der Waals surface area contributed by atoms with Gasteiger partial charge in [-0.1, -0.05) is 23.7 Å². The summed E-state index contributed by atoms with van der Waals surface area (Å²) in [5.74, 6) is -3.96. The molecule has 1 fully saturated rings. The zero-order valence-electron chi connectivity index (χ0n) is 20.1. The molecule has 1 aliphatic rings. The molecule has 1 unspecified atom stereocenters. The largest absolute Gasteiger partial charge is 0.313 e. The molecule has 1 saturated heterocycles. The molecule has 0 bridgehead atoms. The predicted molar refractivity (Wildman–Crippen MR) is 134 cm³/mol. The summed E-state index contributed by atoms with van der Waals surface area (Å²) in [5.41, 5.74) is 1.21. The van der Waals surface area contributed by atoms with E-state index in [4.69, 9.17) is 11.6 Å². The molecule has 0 aliphatic carbocycles. The number of nitrogens with zero attached hydrogens (tertiary/aromatic N) is 2. The number of nitrogens with one attached hydrogen (secondary N) is 2. The van der Waals surface area contributed by atoms with E-state index >= 15 is 0 Å². The van der Waals surface area contributed by atoms with E-state index in [-0.39, 0.29) is 53.0 Å². The van der Waals surface area contributed by atoms with Gasteiger partial charge in [0, 0.05) is 30.6 Å². The number of ketones is 1. The molecular formula is C25H26ClF3N4O3S. The fourth-order valence-electron chi connectivity index (χ4n) is 4.83. The first kappa shape index (κ1) is 27.3. The van der Waals surface area contributed by atoms with Crippen LogP contribution in [-0.4, -0.2) is 49.4 Å². The van der Waals surface area contributed by atoms with Crippen LogP contribution >= 0.6 is 11.6 Å². The maximum absolute atomic E-state index is 15.0. The van der Waals surface area contributed by atoms with Gasteiger partial charge >= 0.3 is 0 Å². The monoisotopic (exact) mass is 554 g/mol. The second kappa shape index (κ2) is 10.9. The highest BCUT2D eigenvalue weighted by molar-refractivity contribution is 7.89. The minimum absolute atomic E-state index is 0.00653. The maximum Gasteiger partial charge on any atom is 0.212 e. The molecule has 3 atom stereocenters. The van der Waals surface area contributed by atoms with E-state index in [1.54, 1.807) is 7.05 Å². The number of carbonyl (C=O) groups is 1. The van der Waals surface area contributed by atoms with Gasteiger partial charge in [-0.2, -0.15) is 5.10 Å². The zero-order chi connectivity index (χ0) is 26.9. The van der Waals surface area contributed by atoms with Gasteiger partial charge in [0.25, 0.3) is 0 Å². The van der Waals surface area contributed by atoms with E-state index in [1.807, 2.05) is 0 Å². The second-order valence-electron chi connectivity index (χ2n) is 9.15. The molecule has 7 nitrogen and oxygen atoms in total. The van der Waals surface area contributed by atoms with E-state index in [1.165, 1.54) is 36.1 Å². The Morgan fingerprint density at radius 3 is 2.54 bits per heavy atom. The van der Waals surface area contributed by atoms with E-state index < -0.39 is 39.4 Å². The number of benzene rings is 2. The van der Waals surface area contributed by atoms with Crippen LogP contribution in [0.1, 0.15) is 34.7 Å². The summed E-state index contributed by atoms with van der Waals surface area (Å²) >= 11 is 6.12. The van der Waals surface area contributed by atoms with Crippen molar-refractivity contribution in [3.8, 4) is 11.3 Å². The van der Waals surface area contributed by atoms with Crippen molar-refractivity contribution in [1.82, 2.24) is 19.8 Å². The van der Waals surface area contributed by atoms with Crippen LogP contribution < -0.4 is 10.0 Å². The predicted octanol–water partition coefficient (Wildman–Crippen LogP) is 4.04. The molecule has 1 aliphatic heterocycles. The fourth-order valence-corrected chi connectivity index (χ4v) is 6.05. The normalized spacial score (nSPS) is 20.2. The second-order valence-corrected chi connectivity index (χ2v) is 11.5. The average molecular weight is 555 g/mol. The van der Waals surface area contributed by atoms with Crippen LogP contribution in [-0.2, 0) is 17.1 Å². The third-order valence-electron chi connectivity index (χ3n) is 6.77. The highest BCUT2D eigenvalue weighted by Gasteiger charge is 2.35. The Bertz CT molecular complexity index is 1410. The molecule has 198 valence electrons. The van der Waals surface area contributed by atoms with E-state index in [9.17, 15) is 26.4 Å². The number of Topliss-reactive ketones (excluding diaryl/α,β-unsaturated/α-hetero) is 1. The molecule has 0 spiro atoms. The molecule has 0 saturated carbocycles. The molecule has 0 radical (unpaired) electrons. The lowest BCUT2D eigenvalue weighted by Crippen LogP contribution is -2.48. The summed E-state index contributed by atoms with van der Waals surface area (Å²) in [6.45, 7) is 0.268. The van der Waals surface area contributed by atoms with Crippen molar-refractivity contribution in [3.63, 3.8) is 0 Å². The minimum atomic E-state index is -3.53. The lowest BCUT2D eigenvalue weighted by Gasteiger charge is -2.37. The molecule has 1 aromatic heterocycles. The number of rotatable bonds is 8. The van der Waals surface area contributed by atoms with Gasteiger partial charge in [-0.3, -0.25) is 9.48 Å². The highest BCUT2D eigenvalue weighted by atomic mass is 35.5. The van der Waals surface area contributed by atoms with Crippen LogP contribution in [0.2, 0.25) is 5.02 Å². The number of carbonyl (C=O) groups excluding carboxylic acids is 1. The van der Waals surface area contributed by atoms with Gasteiger partial charge in [0.2, 0.25) is 10.0 Å². The Labute approximate surface area is 218 Å². The third kappa shape index (κ3) is 6.06. The summed E-state index contributed by atoms with van der Waals surface area (Å²) < 4.78 is 70.5. The van der Waals surface area contributed by atoms with Gasteiger partial charge in [0.05, 0.1) is 22.7 Å². The summed E-state index contributed by atoms with van der Waals surface area (Å²) in [4.78, 5) is 13.2. The SMILES string of the molecule is CNS(=O)(=O)CC1C[C@@H](c2ccc(F)c(F)c2)[C@H](CC(=O)c2ccc(-c3c(Cl)cnn3C)c(F)c2)CN1. The van der Waals surface area contributed by atoms with Crippen LogP contribution in [0.4, 0.5) is 13.2 Å². The first-order chi connectivity index (χ1) is 17.5. The smallest absolute Gasteiger partial charge is 0.212 e. The molecule has 2 aromatic carbocycles. The summed E-state index contributed by atoms with van der Waals surface area (Å²) in [6, 6.07) is 7.21. The van der Waals surface area contributed by atoms with Gasteiger partial charge in [0.15, 0.2) is 17.4 Å². The standard InChI is InChI=1S/C25H26ClF3N4O3S/c1-30-37(35,36)13-17-10-19(14-4-6-21(27)23(29)7-14)16(11-31-17)9-24(34)15-3-5-18(22(28)8-15)25-20(26)12-32-33(25)2/h3-8,12,16-17,19,30-31H,9-11,13H2,1-2H3/t16-,17?,19+/m1/s1. The number of hydrogen-bond acceptors (Lipinski definition) is 5. The average Bonchev–Trinajstić information content (AvgIpc) is 3.19. The molecule has 12 heteroatoms. The number of aromatic nitrogens is 2. The molecule has 3 aromatic rings. The first-order valence-corrected chi connectivity index (χ1v) is 13.6. The zero-order valence-corrected chi connectivity index (χ0v) is 21.7. The van der Waals surface area contributed by atoms with E-state index in [2.05, 4.69) is 15.1 Å². The Kier molecular flexibility index (Phi) is 8.08. The molecular weight excluding hydrogens is 529 g/mol. The van der Waals surface area contributed by atoms with Crippen LogP contribution in [0, 0.1) is 23.4 Å². The summed E-state index contributed by atoms with van der Waals surface area (Å²) in [7, 11) is -0.581. The number of halogens is 4. The lowest BCUT2D eigenvalue weighted by molar-refractivity contribution is 0.0940. The van der Waals surface area contributed by atoms with Crippen LogP contribution in [0.15, 0.2) is 42.6 Å². The number of piperidine rings is 1. The van der Waals surface area contributed by atoms with Crippen molar-refractivity contribution >= 4 is 27.4 Å². The lowest BCUT2D eigenvalue weighted by atomic mass is 9.76. The fraction of sp³-hybridized carbons (Fsp3) is 0.360. The van der Waals surface area contributed by atoms with Crippen molar-refractivity contribution in [3.05, 3.63) is 76.2 Å². The Morgan fingerprint density at radius 1 is 1.16 bits per heavy atom. The summed E-state index contributed by atoms with van der Waals surface area (Å²) in [6.07, 6.45) is 1.68. The molecule has 0 amide bonds. The van der Waals surface area contributed by atoms with Crippen molar-refractivity contribution in [2.75, 3.05) is 19.3 Å². The van der Waals surface area contributed by atoms with Gasteiger partial charge in [-0.05, 0) is 61.7 Å². The van der Waals surface area contributed by atoms with E-state index in [0.717, 1.165) is 18.2 Å². The number of hydrogen-bond donors (Lipinski definition) is 2. The van der Waals surface area contributed by atoms with E-state index in [0.29, 0.717) is 11.3 Å². The topological polar surface area (TPSA) is 93.1 Å². The first-order valence-electron chi connectivity index (χ1n) is 11.6. The van der Waals surface area contributed by atoms with Gasteiger partial charge in [-0.25, -0.2) is 26.3 Å². The highest BCUT2D eigenvalue weighted by Crippen LogP contribution is 2.37. The van der Waals surface area contributed by atoms with Crippen molar-refractivity contribution in [2.24, 2.45) is 13.0 Å². The van der Waals surface area contributed by atoms with Gasteiger partial charge < -0.3 is 5.32 Å². The molecule has 37 heavy (non-hydrogen) atoms. The molecule has 2 N–H and O–H groups in total. The Hall–Kier alpha value is -2.73. The summed E-state index contributed by atoms with van der Waals surface area (Å²) in [5, 5.41) is 7.44. The third-order valence-corrected chi connectivity index (χ3v) is 8.51. The number of sulfonamides is 1. The molecule has 2 heterocycles.